The van der Waals surface area contributed by atoms with Gasteiger partial charge in [0, 0.05) is 44.7 Å². The lowest BCUT2D eigenvalue weighted by molar-refractivity contribution is -0.134. The molecule has 5 heteroatoms. The van der Waals surface area contributed by atoms with Crippen molar-refractivity contribution in [2.24, 2.45) is 11.8 Å². The van der Waals surface area contributed by atoms with Gasteiger partial charge in [0.05, 0.1) is 13.2 Å². The summed E-state index contributed by atoms with van der Waals surface area (Å²) in [6.07, 6.45) is 0. The SMILES string of the molecule is CNCC(C)C(=O)N1CC(C)C(N2CCOCC2)C1. The second kappa shape index (κ2) is 6.68. The van der Waals surface area contributed by atoms with Gasteiger partial charge in [-0.1, -0.05) is 13.8 Å². The Morgan fingerprint density at radius 2 is 2.05 bits per heavy atom. The van der Waals surface area contributed by atoms with Crippen LogP contribution in [0.1, 0.15) is 13.8 Å². The summed E-state index contributed by atoms with van der Waals surface area (Å²) >= 11 is 0. The molecule has 2 aliphatic heterocycles. The molecule has 1 N–H and O–H groups in total. The van der Waals surface area contributed by atoms with Gasteiger partial charge in [0.15, 0.2) is 0 Å². The van der Waals surface area contributed by atoms with Crippen molar-refractivity contribution in [2.75, 3.05) is 53.0 Å². The Hall–Kier alpha value is -0.650. The number of carbonyl (C=O) groups excluding carboxylic acids is 1. The summed E-state index contributed by atoms with van der Waals surface area (Å²) in [6.45, 7) is 10.5. The van der Waals surface area contributed by atoms with Gasteiger partial charge in [0.25, 0.3) is 0 Å². The maximum atomic E-state index is 12.4. The number of carbonyl (C=O) groups is 1. The molecule has 2 aliphatic rings. The molecule has 0 radical (unpaired) electrons. The van der Waals surface area contributed by atoms with Crippen LogP contribution >= 0.6 is 0 Å². The van der Waals surface area contributed by atoms with E-state index in [2.05, 4.69) is 17.1 Å². The Morgan fingerprint density at radius 1 is 1.37 bits per heavy atom. The van der Waals surface area contributed by atoms with Crippen molar-refractivity contribution < 1.29 is 9.53 Å². The van der Waals surface area contributed by atoms with E-state index in [0.29, 0.717) is 12.0 Å². The van der Waals surface area contributed by atoms with Gasteiger partial charge >= 0.3 is 0 Å². The van der Waals surface area contributed by atoms with Crippen LogP contribution in [-0.2, 0) is 9.53 Å². The van der Waals surface area contributed by atoms with Gasteiger partial charge in [0.1, 0.15) is 0 Å². The molecular formula is C14H27N3O2. The van der Waals surface area contributed by atoms with Crippen molar-refractivity contribution in [1.82, 2.24) is 15.1 Å². The quantitative estimate of drug-likeness (QED) is 0.781. The molecule has 2 fully saturated rings. The number of hydrogen-bond donors (Lipinski definition) is 1. The maximum absolute atomic E-state index is 12.4. The monoisotopic (exact) mass is 269 g/mol. The van der Waals surface area contributed by atoms with Crippen LogP contribution in [0.4, 0.5) is 0 Å². The molecule has 19 heavy (non-hydrogen) atoms. The van der Waals surface area contributed by atoms with Crippen molar-refractivity contribution in [2.45, 2.75) is 19.9 Å². The Labute approximate surface area is 116 Å². The third-order valence-corrected chi connectivity index (χ3v) is 4.33. The summed E-state index contributed by atoms with van der Waals surface area (Å²) in [4.78, 5) is 16.9. The molecule has 0 bridgehead atoms. The third kappa shape index (κ3) is 3.46. The van der Waals surface area contributed by atoms with Crippen LogP contribution in [0.5, 0.6) is 0 Å². The first kappa shape index (κ1) is 14.8. The molecule has 0 saturated carbocycles. The van der Waals surface area contributed by atoms with Crippen LogP contribution in [0.15, 0.2) is 0 Å². The molecule has 1 amide bonds. The molecule has 0 aliphatic carbocycles. The third-order valence-electron chi connectivity index (χ3n) is 4.33. The zero-order chi connectivity index (χ0) is 13.8. The van der Waals surface area contributed by atoms with E-state index in [9.17, 15) is 4.79 Å². The highest BCUT2D eigenvalue weighted by Gasteiger charge is 2.37. The van der Waals surface area contributed by atoms with Crippen molar-refractivity contribution >= 4 is 5.91 Å². The number of nitrogens with one attached hydrogen (secondary N) is 1. The number of morpholine rings is 1. The van der Waals surface area contributed by atoms with Crippen molar-refractivity contribution in [3.05, 3.63) is 0 Å². The molecular weight excluding hydrogens is 242 g/mol. The van der Waals surface area contributed by atoms with Crippen LogP contribution in [-0.4, -0.2) is 74.7 Å². The van der Waals surface area contributed by atoms with E-state index in [4.69, 9.17) is 4.74 Å². The normalized spacial score (nSPS) is 30.6. The predicted octanol–water partition coefficient (Wildman–Crippen LogP) is 0.0210. The molecule has 5 nitrogen and oxygen atoms in total. The molecule has 0 spiro atoms. The number of hydrogen-bond acceptors (Lipinski definition) is 4. The molecule has 0 aromatic carbocycles. The fourth-order valence-corrected chi connectivity index (χ4v) is 3.22. The lowest BCUT2D eigenvalue weighted by Gasteiger charge is -2.34. The summed E-state index contributed by atoms with van der Waals surface area (Å²) in [7, 11) is 1.90. The van der Waals surface area contributed by atoms with Crippen LogP contribution in [0.25, 0.3) is 0 Å². The topological polar surface area (TPSA) is 44.8 Å². The number of amides is 1. The van der Waals surface area contributed by atoms with Gasteiger partial charge < -0.3 is 15.0 Å². The first-order valence-electron chi connectivity index (χ1n) is 7.38. The fraction of sp³-hybridized carbons (Fsp3) is 0.929. The van der Waals surface area contributed by atoms with E-state index in [0.717, 1.165) is 45.9 Å². The number of nitrogens with zero attached hydrogens (tertiary/aromatic N) is 2. The minimum Gasteiger partial charge on any atom is -0.379 e. The summed E-state index contributed by atoms with van der Waals surface area (Å²) < 4.78 is 5.41. The van der Waals surface area contributed by atoms with E-state index in [1.165, 1.54) is 0 Å². The average molecular weight is 269 g/mol. The smallest absolute Gasteiger partial charge is 0.226 e. The van der Waals surface area contributed by atoms with Crippen LogP contribution < -0.4 is 5.32 Å². The molecule has 2 saturated heterocycles. The van der Waals surface area contributed by atoms with Crippen LogP contribution in [0, 0.1) is 11.8 Å². The molecule has 110 valence electrons. The summed E-state index contributed by atoms with van der Waals surface area (Å²) in [5.41, 5.74) is 0. The second-order valence-electron chi connectivity index (χ2n) is 5.89. The van der Waals surface area contributed by atoms with E-state index in [-0.39, 0.29) is 11.8 Å². The maximum Gasteiger partial charge on any atom is 0.226 e. The Bertz CT molecular complexity index is 305. The first-order valence-corrected chi connectivity index (χ1v) is 7.38. The lowest BCUT2D eigenvalue weighted by Crippen LogP contribution is -2.47. The predicted molar refractivity (Wildman–Crippen MR) is 75.0 cm³/mol. The highest BCUT2D eigenvalue weighted by atomic mass is 16.5. The van der Waals surface area contributed by atoms with Gasteiger partial charge in [-0.05, 0) is 13.0 Å². The zero-order valence-electron chi connectivity index (χ0n) is 12.4. The lowest BCUT2D eigenvalue weighted by atomic mass is 10.0. The van der Waals surface area contributed by atoms with Crippen LogP contribution in [0.2, 0.25) is 0 Å². The Kier molecular flexibility index (Phi) is 5.19. The molecule has 0 aromatic heterocycles. The fourth-order valence-electron chi connectivity index (χ4n) is 3.22. The van der Waals surface area contributed by atoms with Gasteiger partial charge in [-0.2, -0.15) is 0 Å². The van der Waals surface area contributed by atoms with E-state index < -0.39 is 0 Å². The molecule has 3 atom stereocenters. The van der Waals surface area contributed by atoms with Crippen molar-refractivity contribution in [3.63, 3.8) is 0 Å². The summed E-state index contributed by atoms with van der Waals surface area (Å²) in [5.74, 6) is 0.918. The molecule has 3 unspecified atom stereocenters. The molecule has 2 heterocycles. The first-order chi connectivity index (χ1) is 9.13. The number of rotatable bonds is 4. The number of ether oxygens (including phenoxy) is 1. The van der Waals surface area contributed by atoms with Gasteiger partial charge in [-0.25, -0.2) is 0 Å². The Morgan fingerprint density at radius 3 is 2.68 bits per heavy atom. The minimum atomic E-state index is 0.0700. The van der Waals surface area contributed by atoms with Gasteiger partial charge in [0.2, 0.25) is 5.91 Å². The van der Waals surface area contributed by atoms with Crippen LogP contribution in [0.3, 0.4) is 0 Å². The highest BCUT2D eigenvalue weighted by Crippen LogP contribution is 2.23. The van der Waals surface area contributed by atoms with Crippen molar-refractivity contribution in [3.8, 4) is 0 Å². The van der Waals surface area contributed by atoms with E-state index in [1.54, 1.807) is 0 Å². The molecule has 2 rings (SSSR count). The zero-order valence-corrected chi connectivity index (χ0v) is 12.4. The average Bonchev–Trinajstić information content (AvgIpc) is 2.81. The largest absolute Gasteiger partial charge is 0.379 e. The summed E-state index contributed by atoms with van der Waals surface area (Å²) in [6, 6.07) is 0.509. The van der Waals surface area contributed by atoms with E-state index >= 15 is 0 Å². The molecule has 0 aromatic rings. The Balaban J connectivity index is 1.90. The minimum absolute atomic E-state index is 0.0700. The van der Waals surface area contributed by atoms with E-state index in [1.807, 2.05) is 18.9 Å². The standard InChI is InChI=1S/C14H27N3O2/c1-11(8-15-3)14(18)17-9-12(2)13(10-17)16-4-6-19-7-5-16/h11-13,15H,4-10H2,1-3H3. The van der Waals surface area contributed by atoms with Crippen molar-refractivity contribution in [1.29, 1.82) is 0 Å². The second-order valence-corrected chi connectivity index (χ2v) is 5.89. The number of likely N-dealkylation sites (tertiary alicyclic amines) is 1. The summed E-state index contributed by atoms with van der Waals surface area (Å²) in [5, 5.41) is 3.08. The van der Waals surface area contributed by atoms with Gasteiger partial charge in [-0.3, -0.25) is 9.69 Å². The highest BCUT2D eigenvalue weighted by molar-refractivity contribution is 5.79. The van der Waals surface area contributed by atoms with Gasteiger partial charge in [-0.15, -0.1) is 0 Å².